The van der Waals surface area contributed by atoms with E-state index in [1.165, 1.54) is 11.3 Å². The number of anilines is 2. The molecule has 134 valence electrons. The number of carbonyl (C=O) groups is 1. The average molecular weight is 389 g/mol. The Kier molecular flexibility index (Phi) is 5.19. The predicted octanol–water partition coefficient (Wildman–Crippen LogP) is 3.56. The third kappa shape index (κ3) is 5.04. The van der Waals surface area contributed by atoms with Crippen LogP contribution in [0.1, 0.15) is 10.4 Å². The van der Waals surface area contributed by atoms with Gasteiger partial charge in [0.15, 0.2) is 0 Å². The molecule has 3 aromatic rings. The number of carbonyl (C=O) groups excluding carboxylic acids is 1. The monoisotopic (exact) mass is 389 g/mol. The van der Waals surface area contributed by atoms with Gasteiger partial charge in [-0.2, -0.15) is 0 Å². The standard InChI is InChI=1S/C17H15N3O4S2/c1-26(22,23)20-14-4-2-3-13(11-14)19-16(21)12-5-7-15(8-6-12)24-17-18-9-10-25-17/h2-11,20H,1H3,(H,19,21). The van der Waals surface area contributed by atoms with Gasteiger partial charge in [-0.25, -0.2) is 13.4 Å². The molecule has 0 atom stereocenters. The number of nitrogens with zero attached hydrogens (tertiary/aromatic N) is 1. The topological polar surface area (TPSA) is 97.4 Å². The Bertz CT molecular complexity index is 1000. The molecule has 0 bridgehead atoms. The van der Waals surface area contributed by atoms with Crippen molar-refractivity contribution in [1.82, 2.24) is 4.98 Å². The van der Waals surface area contributed by atoms with Crippen LogP contribution in [0, 0.1) is 0 Å². The van der Waals surface area contributed by atoms with E-state index in [0.29, 0.717) is 27.9 Å². The predicted molar refractivity (Wildman–Crippen MR) is 101 cm³/mol. The van der Waals surface area contributed by atoms with E-state index in [0.717, 1.165) is 6.26 Å². The highest BCUT2D eigenvalue weighted by molar-refractivity contribution is 7.92. The summed E-state index contributed by atoms with van der Waals surface area (Å²) in [6, 6.07) is 13.1. The molecule has 9 heteroatoms. The third-order valence-corrected chi connectivity index (χ3v) is 4.41. The summed E-state index contributed by atoms with van der Waals surface area (Å²) in [7, 11) is -3.38. The minimum Gasteiger partial charge on any atom is -0.431 e. The van der Waals surface area contributed by atoms with Crippen molar-refractivity contribution in [2.75, 3.05) is 16.3 Å². The van der Waals surface area contributed by atoms with Gasteiger partial charge in [0.05, 0.1) is 11.9 Å². The maximum absolute atomic E-state index is 12.3. The molecule has 0 spiro atoms. The molecular weight excluding hydrogens is 374 g/mol. The second-order valence-corrected chi connectivity index (χ2v) is 7.94. The first kappa shape index (κ1) is 17.9. The van der Waals surface area contributed by atoms with E-state index in [9.17, 15) is 13.2 Å². The third-order valence-electron chi connectivity index (χ3n) is 3.16. The van der Waals surface area contributed by atoms with Gasteiger partial charge in [-0.15, -0.1) is 0 Å². The SMILES string of the molecule is CS(=O)(=O)Nc1cccc(NC(=O)c2ccc(Oc3nccs3)cc2)c1. The second-order valence-electron chi connectivity index (χ2n) is 5.33. The van der Waals surface area contributed by atoms with E-state index < -0.39 is 10.0 Å². The van der Waals surface area contributed by atoms with Crippen molar-refractivity contribution in [2.24, 2.45) is 0 Å². The van der Waals surface area contributed by atoms with Crippen molar-refractivity contribution in [3.05, 3.63) is 65.7 Å². The van der Waals surface area contributed by atoms with Crippen LogP contribution in [-0.2, 0) is 10.0 Å². The summed E-state index contributed by atoms with van der Waals surface area (Å²) in [5, 5.41) is 5.06. The number of hydrogen-bond acceptors (Lipinski definition) is 6. The zero-order valence-electron chi connectivity index (χ0n) is 13.7. The molecule has 7 nitrogen and oxygen atoms in total. The first-order valence-electron chi connectivity index (χ1n) is 7.46. The van der Waals surface area contributed by atoms with E-state index in [1.807, 2.05) is 5.38 Å². The van der Waals surface area contributed by atoms with Gasteiger partial charge in [0.2, 0.25) is 10.0 Å². The number of rotatable bonds is 6. The highest BCUT2D eigenvalue weighted by Crippen LogP contribution is 2.24. The number of ether oxygens (including phenoxy) is 1. The van der Waals surface area contributed by atoms with E-state index >= 15 is 0 Å². The molecule has 0 saturated heterocycles. The molecule has 0 aliphatic heterocycles. The number of nitrogens with one attached hydrogen (secondary N) is 2. The molecule has 0 aliphatic rings. The smallest absolute Gasteiger partial charge is 0.278 e. The zero-order chi connectivity index (χ0) is 18.6. The highest BCUT2D eigenvalue weighted by Gasteiger charge is 2.08. The van der Waals surface area contributed by atoms with Gasteiger partial charge < -0.3 is 10.1 Å². The highest BCUT2D eigenvalue weighted by atomic mass is 32.2. The largest absolute Gasteiger partial charge is 0.431 e. The van der Waals surface area contributed by atoms with Crippen LogP contribution in [-0.4, -0.2) is 25.6 Å². The normalized spacial score (nSPS) is 11.0. The van der Waals surface area contributed by atoms with Crippen LogP contribution in [0.4, 0.5) is 11.4 Å². The fraction of sp³-hybridized carbons (Fsp3) is 0.0588. The maximum atomic E-state index is 12.3. The van der Waals surface area contributed by atoms with Crippen molar-refractivity contribution in [1.29, 1.82) is 0 Å². The van der Waals surface area contributed by atoms with Crippen LogP contribution >= 0.6 is 11.3 Å². The lowest BCUT2D eigenvalue weighted by Crippen LogP contribution is -2.13. The maximum Gasteiger partial charge on any atom is 0.278 e. The Morgan fingerprint density at radius 3 is 2.50 bits per heavy atom. The number of hydrogen-bond donors (Lipinski definition) is 2. The van der Waals surface area contributed by atoms with Crippen LogP contribution in [0.5, 0.6) is 10.9 Å². The Hall–Kier alpha value is -2.91. The summed E-state index contributed by atoms with van der Waals surface area (Å²) >= 11 is 1.37. The van der Waals surface area contributed by atoms with Gasteiger partial charge in [-0.1, -0.05) is 17.4 Å². The van der Waals surface area contributed by atoms with Crippen LogP contribution in [0.3, 0.4) is 0 Å². The lowest BCUT2D eigenvalue weighted by Gasteiger charge is -2.09. The number of aromatic nitrogens is 1. The van der Waals surface area contributed by atoms with Gasteiger partial charge in [-0.3, -0.25) is 9.52 Å². The molecule has 0 unspecified atom stereocenters. The minimum atomic E-state index is -3.38. The van der Waals surface area contributed by atoms with Crippen molar-refractivity contribution < 1.29 is 17.9 Å². The molecule has 1 amide bonds. The second kappa shape index (κ2) is 7.54. The van der Waals surface area contributed by atoms with Crippen molar-refractivity contribution in [3.8, 4) is 10.9 Å². The summed E-state index contributed by atoms with van der Waals surface area (Å²) in [5.41, 5.74) is 1.29. The Morgan fingerprint density at radius 2 is 1.85 bits per heavy atom. The summed E-state index contributed by atoms with van der Waals surface area (Å²) in [6.07, 6.45) is 2.71. The summed E-state index contributed by atoms with van der Waals surface area (Å²) < 4.78 is 30.5. The summed E-state index contributed by atoms with van der Waals surface area (Å²) in [6.45, 7) is 0. The number of sulfonamides is 1. The molecule has 2 N–H and O–H groups in total. The molecule has 0 radical (unpaired) electrons. The quantitative estimate of drug-likeness (QED) is 0.672. The molecule has 0 aliphatic carbocycles. The minimum absolute atomic E-state index is 0.317. The van der Waals surface area contributed by atoms with E-state index in [2.05, 4.69) is 15.0 Å². The van der Waals surface area contributed by atoms with E-state index in [4.69, 9.17) is 4.74 Å². The molecule has 1 heterocycles. The van der Waals surface area contributed by atoms with Crippen LogP contribution in [0.25, 0.3) is 0 Å². The van der Waals surface area contributed by atoms with Crippen molar-refractivity contribution in [3.63, 3.8) is 0 Å². The lowest BCUT2D eigenvalue weighted by molar-refractivity contribution is 0.102. The van der Waals surface area contributed by atoms with Gasteiger partial charge in [0.25, 0.3) is 11.1 Å². The Labute approximate surface area is 154 Å². The van der Waals surface area contributed by atoms with Crippen molar-refractivity contribution >= 4 is 38.6 Å². The molecule has 0 saturated carbocycles. The summed E-state index contributed by atoms with van der Waals surface area (Å²) in [5.74, 6) is 0.262. The summed E-state index contributed by atoms with van der Waals surface area (Å²) in [4.78, 5) is 16.4. The van der Waals surface area contributed by atoms with E-state index in [1.54, 1.807) is 54.7 Å². The van der Waals surface area contributed by atoms with Crippen LogP contribution in [0.2, 0.25) is 0 Å². The zero-order valence-corrected chi connectivity index (χ0v) is 15.3. The molecule has 3 rings (SSSR count). The van der Waals surface area contributed by atoms with E-state index in [-0.39, 0.29) is 5.91 Å². The van der Waals surface area contributed by atoms with Crippen LogP contribution < -0.4 is 14.8 Å². The number of thiazole rings is 1. The molecule has 0 fully saturated rings. The van der Waals surface area contributed by atoms with Crippen LogP contribution in [0.15, 0.2) is 60.1 Å². The number of benzene rings is 2. The van der Waals surface area contributed by atoms with Gasteiger partial charge in [-0.05, 0) is 42.5 Å². The Balaban J connectivity index is 1.67. The Morgan fingerprint density at radius 1 is 1.12 bits per heavy atom. The fourth-order valence-corrected chi connectivity index (χ4v) is 3.17. The van der Waals surface area contributed by atoms with Gasteiger partial charge in [0.1, 0.15) is 5.75 Å². The first-order chi connectivity index (χ1) is 12.4. The molecular formula is C17H15N3O4S2. The molecule has 26 heavy (non-hydrogen) atoms. The lowest BCUT2D eigenvalue weighted by atomic mass is 10.2. The first-order valence-corrected chi connectivity index (χ1v) is 10.2. The molecule has 1 aromatic heterocycles. The fourth-order valence-electron chi connectivity index (χ4n) is 2.11. The van der Waals surface area contributed by atoms with Gasteiger partial charge >= 0.3 is 0 Å². The van der Waals surface area contributed by atoms with Crippen molar-refractivity contribution in [2.45, 2.75) is 0 Å². The molecule has 2 aromatic carbocycles. The van der Waals surface area contributed by atoms with Gasteiger partial charge in [0, 0.05) is 22.8 Å². The average Bonchev–Trinajstić information content (AvgIpc) is 3.07. The number of amides is 1.